The van der Waals surface area contributed by atoms with Crippen LogP contribution in [0.3, 0.4) is 0 Å². The number of ether oxygens (including phenoxy) is 2. The number of piperidine rings is 1. The number of aromatic nitrogens is 1. The Balaban J connectivity index is 1.59. The first-order valence-electron chi connectivity index (χ1n) is 11.7. The van der Waals surface area contributed by atoms with Crippen molar-refractivity contribution in [3.05, 3.63) is 83.6 Å². The van der Waals surface area contributed by atoms with E-state index in [2.05, 4.69) is 10.3 Å². The lowest BCUT2D eigenvalue weighted by Crippen LogP contribution is -2.51. The Morgan fingerprint density at radius 3 is 2.41 bits per heavy atom. The zero-order valence-electron chi connectivity index (χ0n) is 20.9. The predicted molar refractivity (Wildman–Crippen MR) is 138 cm³/mol. The van der Waals surface area contributed by atoms with E-state index < -0.39 is 15.7 Å². The van der Waals surface area contributed by atoms with Gasteiger partial charge in [-0.1, -0.05) is 42.5 Å². The third-order valence-electron chi connectivity index (χ3n) is 6.45. The SMILES string of the molecule is COc1cc(C(=O)N2CC[C@@H](NC(=O)c3ccccc3S(C)(=O)=O)[C@@H](c3ccccc3)C2)cnc1OC. The van der Waals surface area contributed by atoms with Gasteiger partial charge in [0.15, 0.2) is 15.6 Å². The number of nitrogens with one attached hydrogen (secondary N) is 1. The summed E-state index contributed by atoms with van der Waals surface area (Å²) in [5, 5.41) is 3.04. The molecular weight excluding hydrogens is 494 g/mol. The van der Waals surface area contributed by atoms with E-state index in [0.29, 0.717) is 30.8 Å². The summed E-state index contributed by atoms with van der Waals surface area (Å²) in [6.45, 7) is 0.755. The molecule has 0 unspecified atom stereocenters. The second-order valence-corrected chi connectivity index (χ2v) is 10.8. The lowest BCUT2D eigenvalue weighted by Gasteiger charge is -2.39. The predicted octanol–water partition coefficient (Wildman–Crippen LogP) is 2.93. The molecule has 1 aliphatic rings. The number of rotatable bonds is 7. The Kier molecular flexibility index (Phi) is 7.77. The molecule has 4 rings (SSSR count). The van der Waals surface area contributed by atoms with Crippen LogP contribution >= 0.6 is 0 Å². The molecule has 0 saturated carbocycles. The molecule has 2 heterocycles. The van der Waals surface area contributed by atoms with Crippen molar-refractivity contribution in [1.29, 1.82) is 0 Å². The zero-order valence-corrected chi connectivity index (χ0v) is 21.7. The number of pyridine rings is 1. The minimum absolute atomic E-state index is 0.0164. The van der Waals surface area contributed by atoms with Crippen LogP contribution in [0.1, 0.15) is 38.6 Å². The average Bonchev–Trinajstić information content (AvgIpc) is 2.92. The monoisotopic (exact) mass is 523 g/mol. The molecule has 0 aliphatic carbocycles. The first kappa shape index (κ1) is 26.2. The van der Waals surface area contributed by atoms with Crippen LogP contribution in [0.4, 0.5) is 0 Å². The van der Waals surface area contributed by atoms with Crippen LogP contribution < -0.4 is 14.8 Å². The number of methoxy groups -OCH3 is 2. The van der Waals surface area contributed by atoms with Crippen LogP contribution in [0.25, 0.3) is 0 Å². The summed E-state index contributed by atoms with van der Waals surface area (Å²) in [5.41, 5.74) is 1.44. The average molecular weight is 524 g/mol. The maximum Gasteiger partial charge on any atom is 0.256 e. The van der Waals surface area contributed by atoms with Crippen molar-refractivity contribution < 1.29 is 27.5 Å². The van der Waals surface area contributed by atoms with Gasteiger partial charge < -0.3 is 19.7 Å². The van der Waals surface area contributed by atoms with Gasteiger partial charge in [0.1, 0.15) is 0 Å². The van der Waals surface area contributed by atoms with Crippen LogP contribution in [0.5, 0.6) is 11.6 Å². The number of nitrogens with zero attached hydrogens (tertiary/aromatic N) is 2. The molecule has 194 valence electrons. The van der Waals surface area contributed by atoms with Crippen molar-refractivity contribution in [2.45, 2.75) is 23.3 Å². The number of amides is 2. The van der Waals surface area contributed by atoms with Crippen molar-refractivity contribution in [2.24, 2.45) is 0 Å². The minimum atomic E-state index is -3.59. The largest absolute Gasteiger partial charge is 0.491 e. The highest BCUT2D eigenvalue weighted by atomic mass is 32.2. The maximum absolute atomic E-state index is 13.4. The van der Waals surface area contributed by atoms with Crippen molar-refractivity contribution in [1.82, 2.24) is 15.2 Å². The normalized spacial score (nSPS) is 17.6. The summed E-state index contributed by atoms with van der Waals surface area (Å²) in [7, 11) is -0.627. The van der Waals surface area contributed by atoms with E-state index in [1.54, 1.807) is 23.1 Å². The lowest BCUT2D eigenvalue weighted by atomic mass is 9.85. The molecule has 1 aliphatic heterocycles. The van der Waals surface area contributed by atoms with Gasteiger partial charge in [-0.3, -0.25) is 9.59 Å². The van der Waals surface area contributed by atoms with Crippen LogP contribution in [0, 0.1) is 0 Å². The second-order valence-electron chi connectivity index (χ2n) is 8.84. The molecule has 10 heteroatoms. The summed E-state index contributed by atoms with van der Waals surface area (Å²) in [4.78, 5) is 32.5. The molecule has 3 aromatic rings. The molecule has 0 spiro atoms. The number of carbonyl (C=O) groups is 2. The fraction of sp³-hybridized carbons (Fsp3) is 0.296. The summed E-state index contributed by atoms with van der Waals surface area (Å²) in [5.74, 6) is -0.226. The van der Waals surface area contributed by atoms with E-state index >= 15 is 0 Å². The molecule has 37 heavy (non-hydrogen) atoms. The molecular formula is C27H29N3O6S. The fourth-order valence-corrected chi connectivity index (χ4v) is 5.49. The first-order valence-corrected chi connectivity index (χ1v) is 13.6. The van der Waals surface area contributed by atoms with Gasteiger partial charge >= 0.3 is 0 Å². The topological polar surface area (TPSA) is 115 Å². The number of likely N-dealkylation sites (tertiary alicyclic amines) is 1. The standard InChI is InChI=1S/C27H29N3O6S/c1-35-23-15-19(16-28-26(23)36-2)27(32)30-14-13-22(21(17-30)18-9-5-4-6-10-18)29-25(31)20-11-7-8-12-24(20)37(3,33)34/h4-12,15-16,21-22H,13-14,17H2,1-3H3,(H,29,31)/t21-,22-/m1/s1. The Bertz CT molecular complexity index is 1390. The quantitative estimate of drug-likeness (QED) is 0.506. The Labute approximate surface area is 216 Å². The Morgan fingerprint density at radius 2 is 1.73 bits per heavy atom. The van der Waals surface area contributed by atoms with Gasteiger partial charge in [-0.25, -0.2) is 13.4 Å². The fourth-order valence-electron chi connectivity index (χ4n) is 4.60. The van der Waals surface area contributed by atoms with Crippen molar-refractivity contribution in [3.63, 3.8) is 0 Å². The maximum atomic E-state index is 13.4. The number of benzene rings is 2. The summed E-state index contributed by atoms with van der Waals surface area (Å²) in [6, 6.07) is 17.1. The van der Waals surface area contributed by atoms with E-state index in [4.69, 9.17) is 9.47 Å². The lowest BCUT2D eigenvalue weighted by molar-refractivity contribution is 0.0670. The first-order chi connectivity index (χ1) is 17.7. The van der Waals surface area contributed by atoms with Crippen LogP contribution in [0.15, 0.2) is 71.8 Å². The number of carbonyl (C=O) groups excluding carboxylic acids is 2. The Hall–Kier alpha value is -3.92. The molecule has 2 amide bonds. The van der Waals surface area contributed by atoms with E-state index in [9.17, 15) is 18.0 Å². The smallest absolute Gasteiger partial charge is 0.256 e. The van der Waals surface area contributed by atoms with Gasteiger partial charge in [0.2, 0.25) is 0 Å². The van der Waals surface area contributed by atoms with Crippen molar-refractivity contribution in [2.75, 3.05) is 33.6 Å². The third kappa shape index (κ3) is 5.75. The molecule has 1 aromatic heterocycles. The molecule has 1 saturated heterocycles. The molecule has 9 nitrogen and oxygen atoms in total. The van der Waals surface area contributed by atoms with E-state index in [-0.39, 0.29) is 34.2 Å². The second kappa shape index (κ2) is 11.0. The van der Waals surface area contributed by atoms with Gasteiger partial charge in [-0.2, -0.15) is 0 Å². The van der Waals surface area contributed by atoms with E-state index in [0.717, 1.165) is 11.8 Å². The van der Waals surface area contributed by atoms with Gasteiger partial charge in [-0.15, -0.1) is 0 Å². The number of hydrogen-bond acceptors (Lipinski definition) is 7. The van der Waals surface area contributed by atoms with Crippen LogP contribution in [-0.2, 0) is 9.84 Å². The van der Waals surface area contributed by atoms with E-state index in [1.165, 1.54) is 32.5 Å². The summed E-state index contributed by atoms with van der Waals surface area (Å²) >= 11 is 0. The molecule has 1 fully saturated rings. The highest BCUT2D eigenvalue weighted by Gasteiger charge is 2.35. The van der Waals surface area contributed by atoms with Crippen molar-refractivity contribution >= 4 is 21.7 Å². The van der Waals surface area contributed by atoms with E-state index in [1.807, 2.05) is 30.3 Å². The summed E-state index contributed by atoms with van der Waals surface area (Å²) in [6.07, 6.45) is 3.02. The molecule has 0 bridgehead atoms. The number of hydrogen-bond donors (Lipinski definition) is 1. The minimum Gasteiger partial charge on any atom is -0.491 e. The van der Waals surface area contributed by atoms with Gasteiger partial charge in [0, 0.05) is 43.6 Å². The van der Waals surface area contributed by atoms with Crippen LogP contribution in [0.2, 0.25) is 0 Å². The molecule has 2 aromatic carbocycles. The van der Waals surface area contributed by atoms with Gasteiger partial charge in [-0.05, 0) is 24.1 Å². The summed E-state index contributed by atoms with van der Waals surface area (Å²) < 4.78 is 34.9. The zero-order chi connectivity index (χ0) is 26.6. The van der Waals surface area contributed by atoms with Crippen LogP contribution in [-0.4, -0.2) is 69.7 Å². The van der Waals surface area contributed by atoms with Gasteiger partial charge in [0.05, 0.1) is 30.2 Å². The number of sulfone groups is 1. The highest BCUT2D eigenvalue weighted by molar-refractivity contribution is 7.90. The molecule has 1 N–H and O–H groups in total. The van der Waals surface area contributed by atoms with Gasteiger partial charge in [0.25, 0.3) is 17.7 Å². The Morgan fingerprint density at radius 1 is 1.03 bits per heavy atom. The molecule has 0 radical (unpaired) electrons. The molecule has 2 atom stereocenters. The third-order valence-corrected chi connectivity index (χ3v) is 7.61. The highest BCUT2D eigenvalue weighted by Crippen LogP contribution is 2.30. The van der Waals surface area contributed by atoms with Crippen molar-refractivity contribution in [3.8, 4) is 11.6 Å².